The number of nitrogens with zero attached hydrogens (tertiary/aromatic N) is 2. The summed E-state index contributed by atoms with van der Waals surface area (Å²) in [4.78, 5) is 16.7. The molecule has 114 valence electrons. The van der Waals surface area contributed by atoms with E-state index in [0.717, 1.165) is 19.5 Å². The van der Waals surface area contributed by atoms with Gasteiger partial charge in [0, 0.05) is 24.2 Å². The minimum absolute atomic E-state index is 0.0756. The fourth-order valence-corrected chi connectivity index (χ4v) is 3.27. The fourth-order valence-electron chi connectivity index (χ4n) is 3.14. The van der Waals surface area contributed by atoms with Gasteiger partial charge >= 0.3 is 0 Å². The Kier molecular flexibility index (Phi) is 4.66. The molecule has 1 unspecified atom stereocenters. The highest BCUT2D eigenvalue weighted by molar-refractivity contribution is 6.30. The number of hydrogen-bond acceptors (Lipinski definition) is 3. The first-order valence-corrected chi connectivity index (χ1v) is 8.00. The van der Waals surface area contributed by atoms with Crippen LogP contribution in [0.5, 0.6) is 5.75 Å². The van der Waals surface area contributed by atoms with Crippen LogP contribution in [-0.2, 0) is 4.79 Å². The van der Waals surface area contributed by atoms with Gasteiger partial charge in [-0.25, -0.2) is 0 Å². The molecule has 2 saturated heterocycles. The predicted molar refractivity (Wildman–Crippen MR) is 82.7 cm³/mol. The van der Waals surface area contributed by atoms with E-state index in [4.69, 9.17) is 16.3 Å². The van der Waals surface area contributed by atoms with Crippen molar-refractivity contribution in [2.24, 2.45) is 0 Å². The molecular weight excluding hydrogens is 288 g/mol. The lowest BCUT2D eigenvalue weighted by Gasteiger charge is -2.23. The lowest BCUT2D eigenvalue weighted by molar-refractivity contribution is -0.132. The van der Waals surface area contributed by atoms with Crippen LogP contribution in [0.2, 0.25) is 5.02 Å². The maximum absolute atomic E-state index is 12.2. The second-order valence-electron chi connectivity index (χ2n) is 5.77. The summed E-state index contributed by atoms with van der Waals surface area (Å²) in [6.07, 6.45) is 3.68. The van der Waals surface area contributed by atoms with E-state index in [1.165, 1.54) is 25.9 Å². The van der Waals surface area contributed by atoms with Gasteiger partial charge in [0.2, 0.25) is 0 Å². The number of hydrogen-bond donors (Lipinski definition) is 0. The number of likely N-dealkylation sites (tertiary alicyclic amines) is 2. The molecule has 0 aliphatic carbocycles. The summed E-state index contributed by atoms with van der Waals surface area (Å²) >= 11 is 5.82. The molecule has 0 saturated carbocycles. The molecule has 3 rings (SSSR count). The molecule has 0 bridgehead atoms. The van der Waals surface area contributed by atoms with Crippen LogP contribution in [0.15, 0.2) is 24.3 Å². The zero-order chi connectivity index (χ0) is 14.7. The number of benzene rings is 1. The summed E-state index contributed by atoms with van der Waals surface area (Å²) in [5.74, 6) is 0.759. The van der Waals surface area contributed by atoms with Crippen LogP contribution in [0.1, 0.15) is 19.3 Å². The Morgan fingerprint density at radius 2 is 1.90 bits per heavy atom. The Hall–Kier alpha value is -1.26. The normalized spacial score (nSPS) is 22.7. The molecule has 1 atom stereocenters. The minimum atomic E-state index is 0.0756. The fraction of sp³-hybridized carbons (Fsp3) is 0.562. The van der Waals surface area contributed by atoms with Gasteiger partial charge in [0.15, 0.2) is 6.61 Å². The van der Waals surface area contributed by atoms with Crippen molar-refractivity contribution in [2.45, 2.75) is 25.3 Å². The van der Waals surface area contributed by atoms with Gasteiger partial charge in [-0.1, -0.05) is 11.6 Å². The Morgan fingerprint density at radius 1 is 1.19 bits per heavy atom. The highest BCUT2D eigenvalue weighted by atomic mass is 35.5. The molecule has 4 nitrogen and oxygen atoms in total. The predicted octanol–water partition coefficient (Wildman–Crippen LogP) is 2.42. The van der Waals surface area contributed by atoms with Crippen LogP contribution in [0, 0.1) is 0 Å². The largest absolute Gasteiger partial charge is 0.484 e. The first-order valence-electron chi connectivity index (χ1n) is 7.62. The molecule has 1 aromatic carbocycles. The molecule has 0 N–H and O–H groups in total. The van der Waals surface area contributed by atoms with E-state index in [1.807, 2.05) is 4.90 Å². The van der Waals surface area contributed by atoms with E-state index >= 15 is 0 Å². The minimum Gasteiger partial charge on any atom is -0.484 e. The second kappa shape index (κ2) is 6.67. The van der Waals surface area contributed by atoms with Crippen molar-refractivity contribution in [1.29, 1.82) is 0 Å². The van der Waals surface area contributed by atoms with Gasteiger partial charge < -0.3 is 9.64 Å². The monoisotopic (exact) mass is 308 g/mol. The van der Waals surface area contributed by atoms with Crippen molar-refractivity contribution < 1.29 is 9.53 Å². The summed E-state index contributed by atoms with van der Waals surface area (Å²) in [5.41, 5.74) is 0. The number of halogens is 1. The summed E-state index contributed by atoms with van der Waals surface area (Å²) in [5, 5.41) is 0.668. The zero-order valence-corrected chi connectivity index (χ0v) is 12.9. The zero-order valence-electron chi connectivity index (χ0n) is 12.1. The second-order valence-corrected chi connectivity index (χ2v) is 6.20. The lowest BCUT2D eigenvalue weighted by Crippen LogP contribution is -2.38. The van der Waals surface area contributed by atoms with E-state index < -0.39 is 0 Å². The number of amides is 1. The number of carbonyl (C=O) groups excluding carboxylic acids is 1. The van der Waals surface area contributed by atoms with E-state index in [1.54, 1.807) is 24.3 Å². The molecular formula is C16H21ClN2O2. The van der Waals surface area contributed by atoms with Crippen LogP contribution in [0.25, 0.3) is 0 Å². The molecule has 0 radical (unpaired) electrons. The standard InChI is InChI=1S/C16H21ClN2O2/c17-13-3-5-15(6-4-13)21-12-16(20)19-10-7-14(11-19)18-8-1-2-9-18/h3-6,14H,1-2,7-12H2. The molecule has 2 heterocycles. The first kappa shape index (κ1) is 14.7. The molecule has 1 amide bonds. The van der Waals surface area contributed by atoms with Crippen molar-refractivity contribution in [1.82, 2.24) is 9.80 Å². The Labute approximate surface area is 130 Å². The van der Waals surface area contributed by atoms with Gasteiger partial charge in [-0.2, -0.15) is 0 Å². The number of carbonyl (C=O) groups is 1. The van der Waals surface area contributed by atoms with Gasteiger partial charge in [0.25, 0.3) is 5.91 Å². The third-order valence-electron chi connectivity index (χ3n) is 4.35. The van der Waals surface area contributed by atoms with Crippen molar-refractivity contribution >= 4 is 17.5 Å². The third kappa shape index (κ3) is 3.69. The smallest absolute Gasteiger partial charge is 0.260 e. The van der Waals surface area contributed by atoms with Crippen LogP contribution in [0.4, 0.5) is 0 Å². The van der Waals surface area contributed by atoms with Crippen LogP contribution in [-0.4, -0.2) is 54.5 Å². The number of ether oxygens (including phenoxy) is 1. The highest BCUT2D eigenvalue weighted by Crippen LogP contribution is 2.21. The molecule has 1 aromatic rings. The van der Waals surface area contributed by atoms with Crippen LogP contribution in [0.3, 0.4) is 0 Å². The van der Waals surface area contributed by atoms with E-state index in [9.17, 15) is 4.79 Å². The molecule has 21 heavy (non-hydrogen) atoms. The van der Waals surface area contributed by atoms with Gasteiger partial charge in [-0.15, -0.1) is 0 Å². The molecule has 2 fully saturated rings. The molecule has 0 spiro atoms. The Morgan fingerprint density at radius 3 is 2.62 bits per heavy atom. The van der Waals surface area contributed by atoms with Gasteiger partial charge in [-0.3, -0.25) is 9.69 Å². The van der Waals surface area contributed by atoms with Crippen molar-refractivity contribution in [2.75, 3.05) is 32.8 Å². The average Bonchev–Trinajstić information content (AvgIpc) is 3.17. The van der Waals surface area contributed by atoms with Crippen molar-refractivity contribution in [3.63, 3.8) is 0 Å². The van der Waals surface area contributed by atoms with Crippen LogP contribution < -0.4 is 4.74 Å². The summed E-state index contributed by atoms with van der Waals surface area (Å²) < 4.78 is 5.53. The number of rotatable bonds is 4. The van der Waals surface area contributed by atoms with E-state index in [0.29, 0.717) is 16.8 Å². The van der Waals surface area contributed by atoms with E-state index in [-0.39, 0.29) is 12.5 Å². The van der Waals surface area contributed by atoms with Gasteiger partial charge in [0.05, 0.1) is 0 Å². The maximum atomic E-state index is 12.2. The lowest BCUT2D eigenvalue weighted by atomic mass is 10.2. The van der Waals surface area contributed by atoms with Crippen molar-refractivity contribution in [3.05, 3.63) is 29.3 Å². The molecule has 2 aliphatic rings. The van der Waals surface area contributed by atoms with Crippen molar-refractivity contribution in [3.8, 4) is 5.75 Å². The summed E-state index contributed by atoms with van der Waals surface area (Å²) in [6, 6.07) is 7.65. The molecule has 0 aromatic heterocycles. The first-order chi connectivity index (χ1) is 10.2. The topological polar surface area (TPSA) is 32.8 Å². The quantitative estimate of drug-likeness (QED) is 0.856. The van der Waals surface area contributed by atoms with Gasteiger partial charge in [-0.05, 0) is 56.6 Å². The third-order valence-corrected chi connectivity index (χ3v) is 4.60. The molecule has 2 aliphatic heterocycles. The average molecular weight is 309 g/mol. The highest BCUT2D eigenvalue weighted by Gasteiger charge is 2.31. The van der Waals surface area contributed by atoms with E-state index in [2.05, 4.69) is 4.90 Å². The SMILES string of the molecule is O=C(COc1ccc(Cl)cc1)N1CCC(N2CCCC2)C1. The Bertz CT molecular complexity index is 486. The maximum Gasteiger partial charge on any atom is 0.260 e. The summed E-state index contributed by atoms with van der Waals surface area (Å²) in [6.45, 7) is 4.18. The summed E-state index contributed by atoms with van der Waals surface area (Å²) in [7, 11) is 0. The van der Waals surface area contributed by atoms with Gasteiger partial charge in [0.1, 0.15) is 5.75 Å². The van der Waals surface area contributed by atoms with Crippen LogP contribution >= 0.6 is 11.6 Å². The Balaban J connectivity index is 1.46. The molecule has 5 heteroatoms.